The fourth-order valence-electron chi connectivity index (χ4n) is 3.40. The number of carbonyl (C=O) groups is 1. The number of aryl methyl sites for hydroxylation is 3. The first kappa shape index (κ1) is 25.4. The molecule has 0 aliphatic carbocycles. The van der Waals surface area contributed by atoms with Gasteiger partial charge in [-0.1, -0.05) is 42.1 Å². The van der Waals surface area contributed by atoms with Gasteiger partial charge in [0.1, 0.15) is 10.7 Å². The average Bonchev–Trinajstić information content (AvgIpc) is 3.51. The van der Waals surface area contributed by atoms with E-state index in [0.717, 1.165) is 17.3 Å². The minimum Gasteiger partial charge on any atom is -0.401 e. The van der Waals surface area contributed by atoms with Crippen molar-refractivity contribution in [2.24, 2.45) is 12.1 Å². The van der Waals surface area contributed by atoms with Gasteiger partial charge in [0, 0.05) is 19.8 Å². The molecule has 37 heavy (non-hydrogen) atoms. The Kier molecular flexibility index (Phi) is 7.78. The van der Waals surface area contributed by atoms with Crippen LogP contribution in [0.2, 0.25) is 0 Å². The second-order valence-corrected chi connectivity index (χ2v) is 8.61. The molecule has 14 heteroatoms. The number of rotatable bonds is 10. The molecule has 190 valence electrons. The smallest absolute Gasteiger partial charge is 0.401 e. The molecule has 1 amide bonds. The minimum atomic E-state index is -0.644. The number of nitrogens with one attached hydrogen (secondary N) is 2. The van der Waals surface area contributed by atoms with E-state index in [1.54, 1.807) is 4.57 Å². The highest BCUT2D eigenvalue weighted by molar-refractivity contribution is 7.99. The van der Waals surface area contributed by atoms with E-state index < -0.39 is 22.1 Å². The summed E-state index contributed by atoms with van der Waals surface area (Å²) in [5, 5.41) is 14.8. The number of benzene rings is 1. The summed E-state index contributed by atoms with van der Waals surface area (Å²) in [6, 6.07) is 12.4. The lowest BCUT2D eigenvalue weighted by atomic mass is 10.1. The van der Waals surface area contributed by atoms with Gasteiger partial charge in [-0.15, -0.1) is 0 Å². The van der Waals surface area contributed by atoms with E-state index in [0.29, 0.717) is 18.1 Å². The van der Waals surface area contributed by atoms with E-state index in [1.165, 1.54) is 42.1 Å². The van der Waals surface area contributed by atoms with Crippen LogP contribution in [-0.4, -0.2) is 41.9 Å². The monoisotopic (exact) mass is 523 g/mol. The highest BCUT2D eigenvalue weighted by atomic mass is 32.2. The van der Waals surface area contributed by atoms with Gasteiger partial charge in [-0.2, -0.15) is 5.10 Å². The summed E-state index contributed by atoms with van der Waals surface area (Å²) in [6.45, 7) is 0.416. The zero-order chi connectivity index (χ0) is 26.4. The molecule has 3 aromatic heterocycles. The van der Waals surface area contributed by atoms with Crippen LogP contribution in [-0.2, 0) is 24.8 Å². The first-order chi connectivity index (χ1) is 17.8. The molecule has 0 aliphatic heterocycles. The van der Waals surface area contributed by atoms with Crippen molar-refractivity contribution in [3.05, 3.63) is 90.8 Å². The number of H-pyrrole nitrogens is 1. The maximum atomic E-state index is 12.6. The van der Waals surface area contributed by atoms with Crippen molar-refractivity contribution in [1.82, 2.24) is 24.5 Å². The quantitative estimate of drug-likeness (QED) is 0.138. The molecule has 13 nitrogen and oxygen atoms in total. The summed E-state index contributed by atoms with van der Waals surface area (Å²) in [4.78, 5) is 53.7. The number of allylic oxidation sites excluding steroid dienone is 1. The molecule has 0 saturated carbocycles. The largest absolute Gasteiger partial charge is 0.433 e. The number of carbonyl (C=O) groups excluding carboxylic acids is 1. The predicted molar refractivity (Wildman–Crippen MR) is 137 cm³/mol. The molecule has 4 rings (SSSR count). The third kappa shape index (κ3) is 6.10. The van der Waals surface area contributed by atoms with Crippen LogP contribution in [0, 0.1) is 10.1 Å². The van der Waals surface area contributed by atoms with E-state index in [-0.39, 0.29) is 28.6 Å². The SMILES string of the molecule is Cn1c(=O)[nH]c(=O)c2c1nc(SCC(=O)N/N=C\C=C\c1ccc([N+](=O)[O-])o1)n2CCc1ccccc1. The van der Waals surface area contributed by atoms with Crippen molar-refractivity contribution >= 4 is 47.0 Å². The second kappa shape index (κ2) is 11.3. The Labute approximate surface area is 212 Å². The van der Waals surface area contributed by atoms with Gasteiger partial charge in [-0.05, 0) is 30.2 Å². The van der Waals surface area contributed by atoms with E-state index >= 15 is 0 Å². The van der Waals surface area contributed by atoms with Crippen LogP contribution in [0.15, 0.2) is 72.8 Å². The van der Waals surface area contributed by atoms with Gasteiger partial charge in [0.05, 0.1) is 11.8 Å². The lowest BCUT2D eigenvalue weighted by molar-refractivity contribution is -0.402. The minimum absolute atomic E-state index is 0.0497. The molecular formula is C23H21N7O6S. The van der Waals surface area contributed by atoms with Gasteiger partial charge < -0.3 is 8.98 Å². The number of aromatic nitrogens is 4. The van der Waals surface area contributed by atoms with Crippen LogP contribution < -0.4 is 16.7 Å². The van der Waals surface area contributed by atoms with E-state index in [9.17, 15) is 24.5 Å². The maximum absolute atomic E-state index is 12.6. The first-order valence-corrected chi connectivity index (χ1v) is 11.9. The van der Waals surface area contributed by atoms with Crippen LogP contribution in [0.4, 0.5) is 5.88 Å². The topological polar surface area (TPSA) is 170 Å². The molecule has 0 bridgehead atoms. The second-order valence-electron chi connectivity index (χ2n) is 7.67. The molecule has 0 unspecified atom stereocenters. The fraction of sp³-hybridized carbons (Fsp3) is 0.174. The third-order valence-corrected chi connectivity index (χ3v) is 6.15. The number of thioether (sulfide) groups is 1. The van der Waals surface area contributed by atoms with Gasteiger partial charge in [0.2, 0.25) is 0 Å². The number of nitro groups is 1. The van der Waals surface area contributed by atoms with Crippen molar-refractivity contribution in [1.29, 1.82) is 0 Å². The summed E-state index contributed by atoms with van der Waals surface area (Å²) >= 11 is 1.11. The Hall–Kier alpha value is -4.72. The van der Waals surface area contributed by atoms with E-state index in [1.807, 2.05) is 30.3 Å². The number of imidazole rings is 1. The summed E-state index contributed by atoms with van der Waals surface area (Å²) < 4.78 is 7.93. The van der Waals surface area contributed by atoms with Crippen LogP contribution >= 0.6 is 11.8 Å². The highest BCUT2D eigenvalue weighted by Gasteiger charge is 2.18. The number of hydrogen-bond donors (Lipinski definition) is 2. The summed E-state index contributed by atoms with van der Waals surface area (Å²) in [7, 11) is 1.51. The van der Waals surface area contributed by atoms with Gasteiger partial charge in [0.25, 0.3) is 11.5 Å². The Morgan fingerprint density at radius 2 is 2.05 bits per heavy atom. The van der Waals surface area contributed by atoms with Gasteiger partial charge in [0.15, 0.2) is 16.3 Å². The summed E-state index contributed by atoms with van der Waals surface area (Å²) in [5.41, 5.74) is 2.78. The third-order valence-electron chi connectivity index (χ3n) is 5.17. The van der Waals surface area contributed by atoms with Crippen molar-refractivity contribution in [3.8, 4) is 0 Å². The van der Waals surface area contributed by atoms with Crippen molar-refractivity contribution in [2.75, 3.05) is 5.75 Å². The number of fused-ring (bicyclic) bond motifs is 1. The standard InChI is InChI=1S/C23H21N7O6S/c1-28-20-19(21(32)26-22(28)33)29(13-11-15-6-3-2-4-7-15)23(25-20)37-14-17(31)27-24-12-5-8-16-9-10-18(36-16)30(34)35/h2-10,12H,11,13-14H2,1H3,(H,27,31)(H,26,32,33)/b8-5+,24-12-. The number of aromatic amines is 1. The van der Waals surface area contributed by atoms with Crippen molar-refractivity contribution in [3.63, 3.8) is 0 Å². The molecule has 3 heterocycles. The van der Waals surface area contributed by atoms with Crippen LogP contribution in [0.5, 0.6) is 0 Å². The molecule has 4 aromatic rings. The number of amides is 1. The number of furan rings is 1. The van der Waals surface area contributed by atoms with Gasteiger partial charge >= 0.3 is 11.6 Å². The Balaban J connectivity index is 1.43. The molecule has 0 fully saturated rings. The van der Waals surface area contributed by atoms with E-state index in [4.69, 9.17) is 4.42 Å². The Morgan fingerprint density at radius 1 is 1.27 bits per heavy atom. The predicted octanol–water partition coefficient (Wildman–Crippen LogP) is 2.07. The fourth-order valence-corrected chi connectivity index (χ4v) is 4.21. The lowest BCUT2D eigenvalue weighted by Gasteiger charge is -2.08. The zero-order valence-electron chi connectivity index (χ0n) is 19.5. The maximum Gasteiger partial charge on any atom is 0.433 e. The lowest BCUT2D eigenvalue weighted by Crippen LogP contribution is -2.29. The van der Waals surface area contributed by atoms with Gasteiger partial charge in [-0.3, -0.25) is 29.3 Å². The molecule has 1 aromatic carbocycles. The van der Waals surface area contributed by atoms with Gasteiger partial charge in [-0.25, -0.2) is 15.2 Å². The van der Waals surface area contributed by atoms with E-state index in [2.05, 4.69) is 20.5 Å². The molecule has 0 aliphatic rings. The molecule has 0 atom stereocenters. The Morgan fingerprint density at radius 3 is 2.78 bits per heavy atom. The summed E-state index contributed by atoms with van der Waals surface area (Å²) in [5.74, 6) is -0.586. The zero-order valence-corrected chi connectivity index (χ0v) is 20.3. The molecule has 0 radical (unpaired) electrons. The number of hydrogen-bond acceptors (Lipinski definition) is 9. The van der Waals surface area contributed by atoms with Crippen molar-refractivity contribution < 1.29 is 14.1 Å². The molecule has 0 spiro atoms. The highest BCUT2D eigenvalue weighted by Crippen LogP contribution is 2.22. The normalized spacial score (nSPS) is 11.6. The van der Waals surface area contributed by atoms with Crippen LogP contribution in [0.25, 0.3) is 17.2 Å². The number of hydrazone groups is 1. The summed E-state index contributed by atoms with van der Waals surface area (Å²) in [6.07, 6.45) is 4.81. The molecular weight excluding hydrogens is 502 g/mol. The Bertz CT molecular complexity index is 1610. The van der Waals surface area contributed by atoms with Crippen LogP contribution in [0.3, 0.4) is 0 Å². The first-order valence-electron chi connectivity index (χ1n) is 10.9. The van der Waals surface area contributed by atoms with Crippen LogP contribution in [0.1, 0.15) is 11.3 Å². The number of nitrogens with zero attached hydrogens (tertiary/aromatic N) is 5. The van der Waals surface area contributed by atoms with Crippen molar-refractivity contribution in [2.45, 2.75) is 18.1 Å². The average molecular weight is 524 g/mol. The molecule has 2 N–H and O–H groups in total. The molecule has 0 saturated heterocycles.